The third kappa shape index (κ3) is 2.09. The monoisotopic (exact) mass is 423 g/mol. The Morgan fingerprint density at radius 1 is 1.41 bits per heavy atom. The Bertz CT molecular complexity index is 744. The van der Waals surface area contributed by atoms with Crippen LogP contribution in [0.5, 0.6) is 0 Å². The van der Waals surface area contributed by atoms with Gasteiger partial charge >= 0.3 is 0 Å². The second-order valence-corrected chi connectivity index (χ2v) is 6.74. The number of carbonyl (C=O) groups excluding carboxylic acids is 1. The van der Waals surface area contributed by atoms with Crippen molar-refractivity contribution in [1.82, 2.24) is 14.8 Å². The fourth-order valence-electron chi connectivity index (χ4n) is 2.79. The SMILES string of the molecule is O=C(c1cc(Br)c(Br)[nH]1)N1CC=C[C@H]2[C@@H]1N=C1N=CC=CN12. The largest absolute Gasteiger partial charge is 0.344 e. The molecule has 1 aromatic rings. The van der Waals surface area contributed by atoms with Gasteiger partial charge in [-0.05, 0) is 44.0 Å². The van der Waals surface area contributed by atoms with Gasteiger partial charge in [-0.2, -0.15) is 0 Å². The predicted molar refractivity (Wildman–Crippen MR) is 90.9 cm³/mol. The molecule has 0 saturated carbocycles. The highest BCUT2D eigenvalue weighted by molar-refractivity contribution is 9.13. The molecule has 4 rings (SSSR count). The van der Waals surface area contributed by atoms with E-state index >= 15 is 0 Å². The van der Waals surface area contributed by atoms with Crippen LogP contribution < -0.4 is 0 Å². The Hall–Kier alpha value is -1.67. The predicted octanol–water partition coefficient (Wildman–Crippen LogP) is 2.52. The fourth-order valence-corrected chi connectivity index (χ4v) is 3.45. The van der Waals surface area contributed by atoms with E-state index in [4.69, 9.17) is 0 Å². The van der Waals surface area contributed by atoms with Gasteiger partial charge in [0.2, 0.25) is 5.96 Å². The molecular formula is C14H11Br2N5O. The molecule has 6 nitrogen and oxygen atoms in total. The first kappa shape index (κ1) is 14.0. The van der Waals surface area contributed by atoms with Crippen molar-refractivity contribution in [3.05, 3.63) is 45.3 Å². The van der Waals surface area contributed by atoms with Crippen molar-refractivity contribution in [2.24, 2.45) is 9.98 Å². The summed E-state index contributed by atoms with van der Waals surface area (Å²) >= 11 is 6.75. The number of carbonyl (C=O) groups is 1. The number of aromatic nitrogens is 1. The van der Waals surface area contributed by atoms with Gasteiger partial charge in [-0.1, -0.05) is 12.2 Å². The van der Waals surface area contributed by atoms with Crippen LogP contribution in [-0.4, -0.2) is 51.6 Å². The lowest BCUT2D eigenvalue weighted by Crippen LogP contribution is -2.49. The summed E-state index contributed by atoms with van der Waals surface area (Å²) in [6.45, 7) is 0.534. The fraction of sp³-hybridized carbons (Fsp3) is 0.214. The molecule has 0 bridgehead atoms. The average molecular weight is 425 g/mol. The standard InChI is InChI=1S/C14H11Br2N5O/c15-8-7-9(18-11(8)16)13(22)21-5-1-3-10-12(21)19-14-17-4-2-6-20(10)14/h1-4,6-7,10,12,18H,5H2/t10-,12+/m0/s1. The van der Waals surface area contributed by atoms with Gasteiger partial charge in [0, 0.05) is 19.0 Å². The maximum Gasteiger partial charge on any atom is 0.272 e. The lowest BCUT2D eigenvalue weighted by molar-refractivity contribution is 0.0665. The number of amides is 1. The van der Waals surface area contributed by atoms with E-state index in [1.54, 1.807) is 17.2 Å². The molecule has 0 aromatic carbocycles. The summed E-state index contributed by atoms with van der Waals surface area (Å²) in [4.78, 5) is 28.4. The third-order valence-electron chi connectivity index (χ3n) is 3.80. The molecule has 1 aromatic heterocycles. The highest BCUT2D eigenvalue weighted by atomic mass is 79.9. The number of hydrogen-bond donors (Lipinski definition) is 1. The van der Waals surface area contributed by atoms with Crippen molar-refractivity contribution in [3.8, 4) is 0 Å². The van der Waals surface area contributed by atoms with Crippen LogP contribution in [0.15, 0.2) is 49.6 Å². The summed E-state index contributed by atoms with van der Waals surface area (Å²) in [5.74, 6) is 0.568. The molecule has 0 unspecified atom stereocenters. The first-order chi connectivity index (χ1) is 10.6. The highest BCUT2D eigenvalue weighted by Gasteiger charge is 2.41. The molecule has 2 atom stereocenters. The molecule has 3 aliphatic heterocycles. The molecule has 0 fully saturated rings. The number of aliphatic imine (C=N–C) groups is 2. The minimum atomic E-state index is -0.256. The van der Waals surface area contributed by atoms with Gasteiger partial charge in [-0.25, -0.2) is 9.98 Å². The number of nitrogens with zero attached hydrogens (tertiary/aromatic N) is 4. The number of rotatable bonds is 1. The Balaban J connectivity index is 1.67. The number of allylic oxidation sites excluding steroid dienone is 1. The average Bonchev–Trinajstić information content (AvgIpc) is 3.07. The minimum absolute atomic E-state index is 0.00300. The van der Waals surface area contributed by atoms with Gasteiger partial charge < -0.3 is 14.8 Å². The third-order valence-corrected chi connectivity index (χ3v) is 5.58. The first-order valence-corrected chi connectivity index (χ1v) is 8.32. The van der Waals surface area contributed by atoms with Crippen molar-refractivity contribution in [2.45, 2.75) is 12.2 Å². The Morgan fingerprint density at radius 2 is 2.27 bits per heavy atom. The summed E-state index contributed by atoms with van der Waals surface area (Å²) in [5, 5.41) is 0. The van der Waals surface area contributed by atoms with E-state index in [2.05, 4.69) is 52.9 Å². The lowest BCUT2D eigenvalue weighted by Gasteiger charge is -2.34. The number of fused-ring (bicyclic) bond motifs is 3. The van der Waals surface area contributed by atoms with E-state index in [1.807, 2.05) is 23.3 Å². The second-order valence-electron chi connectivity index (χ2n) is 5.09. The smallest absolute Gasteiger partial charge is 0.272 e. The van der Waals surface area contributed by atoms with E-state index in [-0.39, 0.29) is 18.1 Å². The van der Waals surface area contributed by atoms with Crippen molar-refractivity contribution in [3.63, 3.8) is 0 Å². The summed E-state index contributed by atoms with van der Waals surface area (Å²) in [6.07, 6.45) is 9.34. The summed E-state index contributed by atoms with van der Waals surface area (Å²) in [7, 11) is 0. The van der Waals surface area contributed by atoms with Gasteiger partial charge in [0.1, 0.15) is 5.69 Å². The maximum atomic E-state index is 12.8. The molecule has 4 heterocycles. The molecule has 1 N–H and O–H groups in total. The zero-order valence-corrected chi connectivity index (χ0v) is 14.5. The van der Waals surface area contributed by atoms with E-state index in [9.17, 15) is 4.79 Å². The normalized spacial score (nSPS) is 25.3. The highest BCUT2D eigenvalue weighted by Crippen LogP contribution is 2.30. The Morgan fingerprint density at radius 3 is 3.05 bits per heavy atom. The lowest BCUT2D eigenvalue weighted by atomic mass is 10.1. The zero-order valence-electron chi connectivity index (χ0n) is 11.3. The van der Waals surface area contributed by atoms with Crippen LogP contribution in [0.3, 0.4) is 0 Å². The van der Waals surface area contributed by atoms with Crippen LogP contribution in [0.2, 0.25) is 0 Å². The van der Waals surface area contributed by atoms with Crippen molar-refractivity contribution >= 4 is 49.9 Å². The van der Waals surface area contributed by atoms with E-state index in [0.717, 1.165) is 9.08 Å². The molecule has 3 aliphatic rings. The Labute approximate surface area is 143 Å². The minimum Gasteiger partial charge on any atom is -0.344 e. The van der Waals surface area contributed by atoms with Gasteiger partial charge in [-0.3, -0.25) is 4.79 Å². The van der Waals surface area contributed by atoms with Crippen LogP contribution in [0.1, 0.15) is 10.5 Å². The number of nitrogens with one attached hydrogen (secondary N) is 1. The van der Waals surface area contributed by atoms with Crippen LogP contribution >= 0.6 is 31.9 Å². The second kappa shape index (κ2) is 5.20. The van der Waals surface area contributed by atoms with Crippen molar-refractivity contribution in [1.29, 1.82) is 0 Å². The topological polar surface area (TPSA) is 64.1 Å². The number of H-pyrrole nitrogens is 1. The van der Waals surface area contributed by atoms with E-state index in [0.29, 0.717) is 18.2 Å². The number of guanidine groups is 1. The Kier molecular flexibility index (Phi) is 3.30. The van der Waals surface area contributed by atoms with Crippen LogP contribution in [-0.2, 0) is 0 Å². The molecule has 8 heteroatoms. The van der Waals surface area contributed by atoms with E-state index in [1.165, 1.54) is 0 Å². The van der Waals surface area contributed by atoms with Crippen molar-refractivity contribution in [2.75, 3.05) is 6.54 Å². The summed E-state index contributed by atoms with van der Waals surface area (Å²) in [6, 6.07) is 1.77. The van der Waals surface area contributed by atoms with Crippen molar-refractivity contribution < 1.29 is 4.79 Å². The summed E-state index contributed by atoms with van der Waals surface area (Å²) < 4.78 is 1.57. The molecule has 0 radical (unpaired) electrons. The maximum absolute atomic E-state index is 12.8. The van der Waals surface area contributed by atoms with Gasteiger partial charge in [0.15, 0.2) is 6.17 Å². The molecule has 1 amide bonds. The molecule has 0 spiro atoms. The molecule has 22 heavy (non-hydrogen) atoms. The quantitative estimate of drug-likeness (QED) is 0.704. The number of hydrogen-bond acceptors (Lipinski definition) is 4. The summed E-state index contributed by atoms with van der Waals surface area (Å²) in [5.41, 5.74) is 0.525. The van der Waals surface area contributed by atoms with E-state index < -0.39 is 0 Å². The van der Waals surface area contributed by atoms with Crippen LogP contribution in [0, 0.1) is 0 Å². The zero-order chi connectivity index (χ0) is 15.3. The first-order valence-electron chi connectivity index (χ1n) is 6.74. The molecule has 112 valence electrons. The van der Waals surface area contributed by atoms with Gasteiger partial charge in [0.05, 0.1) is 15.1 Å². The van der Waals surface area contributed by atoms with Crippen LogP contribution in [0.4, 0.5) is 0 Å². The molecule has 0 aliphatic carbocycles. The molecule has 0 saturated heterocycles. The van der Waals surface area contributed by atoms with Gasteiger partial charge in [0.25, 0.3) is 5.91 Å². The molecular weight excluding hydrogens is 414 g/mol. The van der Waals surface area contributed by atoms with Gasteiger partial charge in [-0.15, -0.1) is 0 Å². The number of aromatic amines is 1. The van der Waals surface area contributed by atoms with Crippen LogP contribution in [0.25, 0.3) is 0 Å². The number of halogens is 2.